The van der Waals surface area contributed by atoms with Crippen molar-refractivity contribution in [2.24, 2.45) is 0 Å². The van der Waals surface area contributed by atoms with Gasteiger partial charge in [-0.2, -0.15) is 0 Å². The van der Waals surface area contributed by atoms with Gasteiger partial charge in [0, 0.05) is 22.7 Å². The van der Waals surface area contributed by atoms with E-state index < -0.39 is 0 Å². The van der Waals surface area contributed by atoms with Crippen LogP contribution in [0.25, 0.3) is 11.5 Å². The zero-order valence-corrected chi connectivity index (χ0v) is 15.5. The van der Waals surface area contributed by atoms with Crippen LogP contribution in [0.1, 0.15) is 5.56 Å². The molecule has 0 saturated carbocycles. The number of methoxy groups -OCH3 is 1. The molecule has 1 aromatic heterocycles. The third-order valence-corrected chi connectivity index (χ3v) is 4.56. The maximum atomic E-state index is 12.0. The number of halogens is 1. The van der Waals surface area contributed by atoms with Crippen molar-refractivity contribution in [1.29, 1.82) is 0 Å². The van der Waals surface area contributed by atoms with Gasteiger partial charge in [0.1, 0.15) is 5.75 Å². The van der Waals surface area contributed by atoms with Crippen molar-refractivity contribution in [3.63, 3.8) is 0 Å². The third kappa shape index (κ3) is 4.77. The quantitative estimate of drug-likeness (QED) is 0.619. The monoisotopic (exact) mass is 389 g/mol. The number of amides is 1. The van der Waals surface area contributed by atoms with Crippen LogP contribution in [0.5, 0.6) is 5.75 Å². The highest BCUT2D eigenvalue weighted by Crippen LogP contribution is 2.24. The van der Waals surface area contributed by atoms with Crippen LogP contribution in [0.15, 0.2) is 58.2 Å². The molecule has 3 rings (SSSR count). The molecule has 0 fully saturated rings. The molecule has 0 radical (unpaired) electrons. The Morgan fingerprint density at radius 2 is 1.96 bits per heavy atom. The van der Waals surface area contributed by atoms with E-state index in [2.05, 4.69) is 15.5 Å². The summed E-state index contributed by atoms with van der Waals surface area (Å²) in [5, 5.41) is 11.7. The summed E-state index contributed by atoms with van der Waals surface area (Å²) in [5.74, 6) is 1.17. The summed E-state index contributed by atoms with van der Waals surface area (Å²) in [7, 11) is 1.60. The number of benzene rings is 2. The number of carbonyl (C=O) groups is 1. The third-order valence-electron chi connectivity index (χ3n) is 3.49. The number of rotatable bonds is 7. The van der Waals surface area contributed by atoms with Crippen LogP contribution >= 0.6 is 23.4 Å². The first-order valence-corrected chi connectivity index (χ1v) is 9.13. The maximum absolute atomic E-state index is 12.0. The van der Waals surface area contributed by atoms with Crippen molar-refractivity contribution in [3.05, 3.63) is 59.1 Å². The average Bonchev–Trinajstić information content (AvgIpc) is 3.14. The summed E-state index contributed by atoms with van der Waals surface area (Å²) in [4.78, 5) is 12.0. The molecular weight excluding hydrogens is 374 g/mol. The van der Waals surface area contributed by atoms with Crippen molar-refractivity contribution in [2.45, 2.75) is 11.8 Å². The molecule has 0 unspecified atom stereocenters. The number of nitrogens with zero attached hydrogens (tertiary/aromatic N) is 2. The minimum Gasteiger partial charge on any atom is -0.496 e. The number of carbonyl (C=O) groups excluding carboxylic acids is 1. The molecule has 2 aromatic carbocycles. The van der Waals surface area contributed by atoms with Crippen LogP contribution in [0.4, 0.5) is 0 Å². The number of nitrogens with one attached hydrogen (secondary N) is 1. The molecule has 1 heterocycles. The highest BCUT2D eigenvalue weighted by Gasteiger charge is 2.11. The minimum atomic E-state index is -0.132. The first-order valence-electron chi connectivity index (χ1n) is 7.76. The van der Waals surface area contributed by atoms with Gasteiger partial charge in [-0.3, -0.25) is 4.79 Å². The molecule has 134 valence electrons. The van der Waals surface area contributed by atoms with Crippen molar-refractivity contribution in [2.75, 3.05) is 12.9 Å². The number of hydrogen-bond acceptors (Lipinski definition) is 6. The smallest absolute Gasteiger partial charge is 0.277 e. The second-order valence-electron chi connectivity index (χ2n) is 5.26. The molecule has 0 bridgehead atoms. The number of para-hydroxylation sites is 1. The van der Waals surface area contributed by atoms with Gasteiger partial charge in [0.25, 0.3) is 5.22 Å². The highest BCUT2D eigenvalue weighted by atomic mass is 35.5. The second-order valence-corrected chi connectivity index (χ2v) is 6.62. The first kappa shape index (κ1) is 18.3. The van der Waals surface area contributed by atoms with Crippen LogP contribution in [-0.4, -0.2) is 29.0 Å². The molecule has 3 aromatic rings. The number of aromatic nitrogens is 2. The van der Waals surface area contributed by atoms with E-state index in [9.17, 15) is 4.79 Å². The fourth-order valence-electron chi connectivity index (χ4n) is 2.20. The molecule has 26 heavy (non-hydrogen) atoms. The molecule has 0 aliphatic heterocycles. The van der Waals surface area contributed by atoms with Gasteiger partial charge in [-0.05, 0) is 30.3 Å². The number of ether oxygens (including phenoxy) is 1. The summed E-state index contributed by atoms with van der Waals surface area (Å²) in [6.07, 6.45) is 0. The van der Waals surface area contributed by atoms with Gasteiger partial charge in [0.2, 0.25) is 11.8 Å². The van der Waals surface area contributed by atoms with Gasteiger partial charge in [0.05, 0.1) is 12.9 Å². The minimum absolute atomic E-state index is 0.132. The van der Waals surface area contributed by atoms with Crippen LogP contribution in [-0.2, 0) is 11.3 Å². The molecule has 0 atom stereocenters. The molecule has 1 amide bonds. The Morgan fingerprint density at radius 1 is 1.19 bits per heavy atom. The van der Waals surface area contributed by atoms with E-state index in [0.29, 0.717) is 22.7 Å². The summed E-state index contributed by atoms with van der Waals surface area (Å²) in [6.45, 7) is 0.392. The summed E-state index contributed by atoms with van der Waals surface area (Å²) in [6, 6.07) is 14.6. The molecule has 0 aliphatic rings. The first-order chi connectivity index (χ1) is 12.7. The molecule has 0 saturated heterocycles. The van der Waals surface area contributed by atoms with Crippen molar-refractivity contribution in [3.8, 4) is 17.2 Å². The largest absolute Gasteiger partial charge is 0.496 e. The lowest BCUT2D eigenvalue weighted by Gasteiger charge is -2.08. The van der Waals surface area contributed by atoms with Crippen LogP contribution in [0.3, 0.4) is 0 Å². The predicted octanol–water partition coefficient (Wildman–Crippen LogP) is 3.81. The van der Waals surface area contributed by atoms with Gasteiger partial charge < -0.3 is 14.5 Å². The Labute approximate surface area is 159 Å². The topological polar surface area (TPSA) is 77.2 Å². The van der Waals surface area contributed by atoms with Crippen LogP contribution in [0, 0.1) is 0 Å². The fourth-order valence-corrected chi connectivity index (χ4v) is 2.92. The van der Waals surface area contributed by atoms with E-state index in [4.69, 9.17) is 20.8 Å². The summed E-state index contributed by atoms with van der Waals surface area (Å²) in [5.41, 5.74) is 1.69. The Bertz CT molecular complexity index is 883. The lowest BCUT2D eigenvalue weighted by molar-refractivity contribution is -0.118. The molecule has 6 nitrogen and oxygen atoms in total. The van der Waals surface area contributed by atoms with Gasteiger partial charge in [-0.1, -0.05) is 41.6 Å². The standard InChI is InChI=1S/C18H16ClN3O3S/c1-24-15-5-3-2-4-13(15)10-20-16(23)11-26-18-22-21-17(25-18)12-6-8-14(19)9-7-12/h2-9H,10-11H2,1H3,(H,20,23). The van der Waals surface area contributed by atoms with Crippen molar-refractivity contribution in [1.82, 2.24) is 15.5 Å². The van der Waals surface area contributed by atoms with E-state index in [1.165, 1.54) is 11.8 Å². The van der Waals surface area contributed by atoms with Gasteiger partial charge in [-0.25, -0.2) is 0 Å². The Balaban J connectivity index is 1.51. The van der Waals surface area contributed by atoms with E-state index >= 15 is 0 Å². The average molecular weight is 390 g/mol. The SMILES string of the molecule is COc1ccccc1CNC(=O)CSc1nnc(-c2ccc(Cl)cc2)o1. The fraction of sp³-hybridized carbons (Fsp3) is 0.167. The molecule has 8 heteroatoms. The molecule has 0 spiro atoms. The zero-order valence-electron chi connectivity index (χ0n) is 13.9. The molecule has 1 N–H and O–H groups in total. The normalized spacial score (nSPS) is 10.5. The van der Waals surface area contributed by atoms with Gasteiger partial charge in [0.15, 0.2) is 0 Å². The lowest BCUT2D eigenvalue weighted by atomic mass is 10.2. The van der Waals surface area contributed by atoms with E-state index in [1.807, 2.05) is 24.3 Å². The molecule has 0 aliphatic carbocycles. The lowest BCUT2D eigenvalue weighted by Crippen LogP contribution is -2.24. The second kappa shape index (κ2) is 8.73. The Hall–Kier alpha value is -2.51. The van der Waals surface area contributed by atoms with Crippen molar-refractivity contribution < 1.29 is 13.9 Å². The van der Waals surface area contributed by atoms with Crippen LogP contribution < -0.4 is 10.1 Å². The van der Waals surface area contributed by atoms with Crippen molar-refractivity contribution >= 4 is 29.3 Å². The molecular formula is C18H16ClN3O3S. The highest BCUT2D eigenvalue weighted by molar-refractivity contribution is 7.99. The number of thioether (sulfide) groups is 1. The Morgan fingerprint density at radius 3 is 2.73 bits per heavy atom. The summed E-state index contributed by atoms with van der Waals surface area (Å²) >= 11 is 7.04. The van der Waals surface area contributed by atoms with Gasteiger partial charge >= 0.3 is 0 Å². The number of hydrogen-bond donors (Lipinski definition) is 1. The van der Waals surface area contributed by atoms with E-state index in [-0.39, 0.29) is 11.7 Å². The predicted molar refractivity (Wildman–Crippen MR) is 100 cm³/mol. The summed E-state index contributed by atoms with van der Waals surface area (Å²) < 4.78 is 10.8. The Kier molecular flexibility index (Phi) is 6.14. The maximum Gasteiger partial charge on any atom is 0.277 e. The van der Waals surface area contributed by atoms with Crippen LogP contribution in [0.2, 0.25) is 5.02 Å². The van der Waals surface area contributed by atoms with E-state index in [0.717, 1.165) is 16.9 Å². The zero-order chi connectivity index (χ0) is 18.4. The van der Waals surface area contributed by atoms with E-state index in [1.54, 1.807) is 31.4 Å². The van der Waals surface area contributed by atoms with Gasteiger partial charge in [-0.15, -0.1) is 10.2 Å².